The summed E-state index contributed by atoms with van der Waals surface area (Å²) in [5.41, 5.74) is 0.0751. The van der Waals surface area contributed by atoms with Gasteiger partial charge >= 0.3 is 0 Å². The highest BCUT2D eigenvalue weighted by Gasteiger charge is 2.52. The van der Waals surface area contributed by atoms with Gasteiger partial charge in [-0.2, -0.15) is 0 Å². The number of rotatable bonds is 7. The molecule has 5 nitrogen and oxygen atoms in total. The van der Waals surface area contributed by atoms with Crippen molar-refractivity contribution in [3.05, 3.63) is 66.0 Å². The van der Waals surface area contributed by atoms with Gasteiger partial charge in [-0.15, -0.1) is 0 Å². The van der Waals surface area contributed by atoms with Gasteiger partial charge in [0.2, 0.25) is 15.9 Å². The van der Waals surface area contributed by atoms with Crippen molar-refractivity contribution < 1.29 is 17.6 Å². The fourth-order valence-corrected chi connectivity index (χ4v) is 4.07. The SMILES string of the molecule is CN(c1ccccc1)S(=O)(=O)CCNC(=O)C1(c2ccccc2F)CC1. The second-order valence-corrected chi connectivity index (χ2v) is 8.56. The monoisotopic (exact) mass is 376 g/mol. The van der Waals surface area contributed by atoms with E-state index in [0.717, 1.165) is 0 Å². The summed E-state index contributed by atoms with van der Waals surface area (Å²) >= 11 is 0. The molecular formula is C19H21FN2O3S. The van der Waals surface area contributed by atoms with Crippen molar-refractivity contribution in [3.63, 3.8) is 0 Å². The Balaban J connectivity index is 1.61. The Morgan fingerprint density at radius 2 is 1.73 bits per heavy atom. The van der Waals surface area contributed by atoms with E-state index in [1.165, 1.54) is 17.4 Å². The van der Waals surface area contributed by atoms with E-state index >= 15 is 0 Å². The van der Waals surface area contributed by atoms with Gasteiger partial charge in [-0.3, -0.25) is 9.10 Å². The molecule has 138 valence electrons. The van der Waals surface area contributed by atoms with Crippen LogP contribution in [0.2, 0.25) is 0 Å². The van der Waals surface area contributed by atoms with Crippen LogP contribution in [-0.2, 0) is 20.2 Å². The van der Waals surface area contributed by atoms with Crippen LogP contribution < -0.4 is 9.62 Å². The first-order valence-electron chi connectivity index (χ1n) is 8.42. The van der Waals surface area contributed by atoms with Crippen LogP contribution in [0.15, 0.2) is 54.6 Å². The number of nitrogens with one attached hydrogen (secondary N) is 1. The number of hydrogen-bond donors (Lipinski definition) is 1. The lowest BCUT2D eigenvalue weighted by Gasteiger charge is -2.20. The molecule has 1 fully saturated rings. The number of amides is 1. The quantitative estimate of drug-likeness (QED) is 0.807. The zero-order valence-electron chi connectivity index (χ0n) is 14.5. The van der Waals surface area contributed by atoms with Gasteiger partial charge in [0.1, 0.15) is 5.82 Å². The van der Waals surface area contributed by atoms with Gasteiger partial charge in [0.25, 0.3) is 0 Å². The fraction of sp³-hybridized carbons (Fsp3) is 0.316. The molecule has 1 amide bonds. The molecule has 0 bridgehead atoms. The second kappa shape index (κ2) is 7.07. The number of sulfonamides is 1. The molecule has 1 saturated carbocycles. The van der Waals surface area contributed by atoms with Gasteiger partial charge < -0.3 is 5.32 Å². The van der Waals surface area contributed by atoms with E-state index in [1.807, 2.05) is 6.07 Å². The standard InChI is InChI=1S/C19H21FN2O3S/c1-22(15-7-3-2-4-8-15)26(24,25)14-13-21-18(23)19(11-12-19)16-9-5-6-10-17(16)20/h2-10H,11-14H2,1H3,(H,21,23). The number of anilines is 1. The van der Waals surface area contributed by atoms with Crippen molar-refractivity contribution in [2.45, 2.75) is 18.3 Å². The van der Waals surface area contributed by atoms with Crippen LogP contribution in [-0.4, -0.2) is 33.7 Å². The maximum Gasteiger partial charge on any atom is 0.236 e. The third-order valence-electron chi connectivity index (χ3n) is 4.76. The molecule has 0 atom stereocenters. The average molecular weight is 376 g/mol. The minimum atomic E-state index is -3.56. The van der Waals surface area contributed by atoms with Crippen molar-refractivity contribution in [1.29, 1.82) is 0 Å². The van der Waals surface area contributed by atoms with Crippen LogP contribution in [0.25, 0.3) is 0 Å². The second-order valence-electron chi connectivity index (χ2n) is 6.44. The zero-order chi connectivity index (χ0) is 18.8. The number of carbonyl (C=O) groups is 1. The molecule has 2 aromatic rings. The van der Waals surface area contributed by atoms with E-state index in [4.69, 9.17) is 0 Å². The van der Waals surface area contributed by atoms with Crippen LogP contribution in [0.5, 0.6) is 0 Å². The third kappa shape index (κ3) is 3.58. The summed E-state index contributed by atoms with van der Waals surface area (Å²) < 4.78 is 40.0. The molecule has 2 aromatic carbocycles. The lowest BCUT2D eigenvalue weighted by atomic mass is 9.94. The lowest BCUT2D eigenvalue weighted by molar-refractivity contribution is -0.123. The van der Waals surface area contributed by atoms with Crippen molar-refractivity contribution in [2.75, 3.05) is 23.7 Å². The lowest BCUT2D eigenvalue weighted by Crippen LogP contribution is -2.40. The first kappa shape index (κ1) is 18.4. The van der Waals surface area contributed by atoms with Crippen molar-refractivity contribution in [1.82, 2.24) is 5.32 Å². The molecule has 0 aromatic heterocycles. The maximum absolute atomic E-state index is 14.0. The van der Waals surface area contributed by atoms with E-state index in [1.54, 1.807) is 42.5 Å². The topological polar surface area (TPSA) is 66.5 Å². The minimum Gasteiger partial charge on any atom is -0.354 e. The predicted octanol–water partition coefficient (Wildman–Crippen LogP) is 2.44. The number of halogens is 1. The first-order valence-corrected chi connectivity index (χ1v) is 10.0. The summed E-state index contributed by atoms with van der Waals surface area (Å²) in [4.78, 5) is 12.5. The van der Waals surface area contributed by atoms with Crippen LogP contribution in [0.3, 0.4) is 0 Å². The highest BCUT2D eigenvalue weighted by molar-refractivity contribution is 7.92. The third-order valence-corrected chi connectivity index (χ3v) is 6.52. The molecule has 0 unspecified atom stereocenters. The number of benzene rings is 2. The van der Waals surface area contributed by atoms with Gasteiger partial charge in [0.05, 0.1) is 16.9 Å². The van der Waals surface area contributed by atoms with Crippen molar-refractivity contribution in [2.24, 2.45) is 0 Å². The highest BCUT2D eigenvalue weighted by Crippen LogP contribution is 2.49. The number of nitrogens with zero attached hydrogens (tertiary/aromatic N) is 1. The number of para-hydroxylation sites is 1. The molecule has 26 heavy (non-hydrogen) atoms. The Kier molecular flexibility index (Phi) is 5.00. The molecule has 0 spiro atoms. The Labute approximate surface area is 152 Å². The van der Waals surface area contributed by atoms with E-state index < -0.39 is 21.3 Å². The summed E-state index contributed by atoms with van der Waals surface area (Å²) in [6.45, 7) is -0.0193. The van der Waals surface area contributed by atoms with Gasteiger partial charge in [0, 0.05) is 19.2 Å². The summed E-state index contributed by atoms with van der Waals surface area (Å²) in [6, 6.07) is 15.0. The summed E-state index contributed by atoms with van der Waals surface area (Å²) in [5.74, 6) is -0.950. The summed E-state index contributed by atoms with van der Waals surface area (Å²) in [5, 5.41) is 2.66. The molecular weight excluding hydrogens is 355 g/mol. The molecule has 0 radical (unpaired) electrons. The summed E-state index contributed by atoms with van der Waals surface area (Å²) in [6.07, 6.45) is 1.13. The number of hydrogen-bond acceptors (Lipinski definition) is 3. The minimum absolute atomic E-state index is 0.0193. The largest absolute Gasteiger partial charge is 0.354 e. The maximum atomic E-state index is 14.0. The number of carbonyl (C=O) groups excluding carboxylic acids is 1. The molecule has 1 N–H and O–H groups in total. The van der Waals surface area contributed by atoms with E-state index in [0.29, 0.717) is 24.1 Å². The molecule has 7 heteroatoms. The van der Waals surface area contributed by atoms with E-state index in [-0.39, 0.29) is 18.2 Å². The zero-order valence-corrected chi connectivity index (χ0v) is 15.3. The smallest absolute Gasteiger partial charge is 0.236 e. The van der Waals surface area contributed by atoms with Gasteiger partial charge in [-0.25, -0.2) is 12.8 Å². The molecule has 3 rings (SSSR count). The highest BCUT2D eigenvalue weighted by atomic mass is 32.2. The predicted molar refractivity (Wildman–Crippen MR) is 99.0 cm³/mol. The Morgan fingerprint density at radius 1 is 1.12 bits per heavy atom. The first-order chi connectivity index (χ1) is 12.4. The van der Waals surface area contributed by atoms with Crippen LogP contribution >= 0.6 is 0 Å². The molecule has 0 aliphatic heterocycles. The summed E-state index contributed by atoms with van der Waals surface area (Å²) in [7, 11) is -2.08. The van der Waals surface area contributed by atoms with Gasteiger partial charge in [-0.1, -0.05) is 36.4 Å². The van der Waals surface area contributed by atoms with Crippen LogP contribution in [0, 0.1) is 5.82 Å². The fourth-order valence-electron chi connectivity index (χ4n) is 2.99. The van der Waals surface area contributed by atoms with E-state index in [2.05, 4.69) is 5.32 Å². The molecule has 0 saturated heterocycles. The van der Waals surface area contributed by atoms with Crippen molar-refractivity contribution >= 4 is 21.6 Å². The Bertz CT molecular complexity index is 896. The average Bonchev–Trinajstić information content (AvgIpc) is 3.44. The van der Waals surface area contributed by atoms with Gasteiger partial charge in [-0.05, 0) is 31.0 Å². The Hall–Kier alpha value is -2.41. The van der Waals surface area contributed by atoms with E-state index in [9.17, 15) is 17.6 Å². The normalized spacial score (nSPS) is 15.3. The molecule has 0 heterocycles. The van der Waals surface area contributed by atoms with Crippen LogP contribution in [0.4, 0.5) is 10.1 Å². The van der Waals surface area contributed by atoms with Crippen molar-refractivity contribution in [3.8, 4) is 0 Å². The van der Waals surface area contributed by atoms with Gasteiger partial charge in [0.15, 0.2) is 0 Å². The van der Waals surface area contributed by atoms with Crippen LogP contribution in [0.1, 0.15) is 18.4 Å². The molecule has 1 aliphatic rings. The molecule has 1 aliphatic carbocycles. The Morgan fingerprint density at radius 3 is 2.35 bits per heavy atom.